The lowest BCUT2D eigenvalue weighted by molar-refractivity contribution is -0.121. The summed E-state index contributed by atoms with van der Waals surface area (Å²) in [6.07, 6.45) is 4.95. The van der Waals surface area contributed by atoms with Crippen molar-refractivity contribution in [1.82, 2.24) is 19.9 Å². The number of amides is 1. The summed E-state index contributed by atoms with van der Waals surface area (Å²) in [4.78, 5) is 26.6. The lowest BCUT2D eigenvalue weighted by Gasteiger charge is -2.26. The zero-order chi connectivity index (χ0) is 15.1. The number of likely N-dealkylation sites (N-methyl/N-ethyl adjacent to an activating group) is 1. The van der Waals surface area contributed by atoms with Crippen LogP contribution in [0.1, 0.15) is 19.5 Å². The number of carbonyl (C=O) groups is 1. The largest absolute Gasteiger partial charge is 0.293 e. The molecule has 6 nitrogen and oxygen atoms in total. The third-order valence-electron chi connectivity index (χ3n) is 3.23. The third kappa shape index (κ3) is 4.32. The van der Waals surface area contributed by atoms with Crippen molar-refractivity contribution in [1.29, 1.82) is 0 Å². The second-order valence-electron chi connectivity index (χ2n) is 4.62. The van der Waals surface area contributed by atoms with Crippen molar-refractivity contribution < 1.29 is 4.79 Å². The molecule has 0 aromatic carbocycles. The molecule has 0 aliphatic heterocycles. The molecular weight excluding hydrogens is 266 g/mol. The van der Waals surface area contributed by atoms with E-state index in [1.54, 1.807) is 24.7 Å². The molecule has 2 heterocycles. The summed E-state index contributed by atoms with van der Waals surface area (Å²) in [6.45, 7) is 5.26. The van der Waals surface area contributed by atoms with Gasteiger partial charge in [-0.05, 0) is 31.7 Å². The molecule has 6 heteroatoms. The van der Waals surface area contributed by atoms with Crippen LogP contribution >= 0.6 is 0 Å². The third-order valence-corrected chi connectivity index (χ3v) is 3.23. The highest BCUT2D eigenvalue weighted by molar-refractivity contribution is 5.92. The molecular formula is C15H19N5O. The first-order valence-corrected chi connectivity index (χ1v) is 6.92. The standard InChI is InChI=1S/C15H19N5O/c1-3-20(11-13-7-4-5-8-16-13)12(2)14(21)19-15-17-9-6-10-18-15/h4-10,12H,3,11H2,1-2H3,(H,17,18,19,21)/t12-/m1/s1. The lowest BCUT2D eigenvalue weighted by atomic mass is 10.2. The highest BCUT2D eigenvalue weighted by atomic mass is 16.2. The van der Waals surface area contributed by atoms with Crippen molar-refractivity contribution >= 4 is 11.9 Å². The topological polar surface area (TPSA) is 71.0 Å². The van der Waals surface area contributed by atoms with Gasteiger partial charge in [0.1, 0.15) is 0 Å². The predicted octanol–water partition coefficient (Wildman–Crippen LogP) is 1.72. The maximum absolute atomic E-state index is 12.2. The van der Waals surface area contributed by atoms with Crippen LogP contribution in [0.15, 0.2) is 42.9 Å². The van der Waals surface area contributed by atoms with E-state index < -0.39 is 0 Å². The van der Waals surface area contributed by atoms with Gasteiger partial charge in [-0.25, -0.2) is 9.97 Å². The minimum Gasteiger partial charge on any atom is -0.293 e. The molecule has 0 unspecified atom stereocenters. The zero-order valence-electron chi connectivity index (χ0n) is 12.2. The first-order chi connectivity index (χ1) is 10.2. The number of carbonyl (C=O) groups excluding carboxylic acids is 1. The van der Waals surface area contributed by atoms with Crippen LogP contribution in [0, 0.1) is 0 Å². The molecule has 0 fully saturated rings. The van der Waals surface area contributed by atoms with Crippen LogP contribution in [0.5, 0.6) is 0 Å². The number of anilines is 1. The van der Waals surface area contributed by atoms with Gasteiger partial charge in [-0.15, -0.1) is 0 Å². The minimum atomic E-state index is -0.291. The quantitative estimate of drug-likeness (QED) is 0.875. The van der Waals surface area contributed by atoms with Crippen LogP contribution in [0.4, 0.5) is 5.95 Å². The Hall–Kier alpha value is -2.34. The summed E-state index contributed by atoms with van der Waals surface area (Å²) < 4.78 is 0. The van der Waals surface area contributed by atoms with Crippen LogP contribution < -0.4 is 5.32 Å². The van der Waals surface area contributed by atoms with Gasteiger partial charge in [0.15, 0.2) is 0 Å². The number of aromatic nitrogens is 3. The lowest BCUT2D eigenvalue weighted by Crippen LogP contribution is -2.41. The Kier molecular flexibility index (Phi) is 5.34. The second kappa shape index (κ2) is 7.44. The van der Waals surface area contributed by atoms with Gasteiger partial charge in [-0.1, -0.05) is 13.0 Å². The number of hydrogen-bond acceptors (Lipinski definition) is 5. The van der Waals surface area contributed by atoms with Gasteiger partial charge in [-0.3, -0.25) is 20.0 Å². The predicted molar refractivity (Wildman–Crippen MR) is 80.4 cm³/mol. The van der Waals surface area contributed by atoms with E-state index in [2.05, 4.69) is 20.3 Å². The molecule has 0 bridgehead atoms. The van der Waals surface area contributed by atoms with Crippen LogP contribution in [-0.4, -0.2) is 38.3 Å². The number of nitrogens with one attached hydrogen (secondary N) is 1. The zero-order valence-corrected chi connectivity index (χ0v) is 12.2. The summed E-state index contributed by atoms with van der Waals surface area (Å²) in [5.41, 5.74) is 0.940. The molecule has 2 rings (SSSR count). The Balaban J connectivity index is 1.99. The molecule has 2 aromatic heterocycles. The van der Waals surface area contributed by atoms with Crippen molar-refractivity contribution in [2.75, 3.05) is 11.9 Å². The average molecular weight is 285 g/mol. The molecule has 0 saturated heterocycles. The maximum Gasteiger partial charge on any atom is 0.243 e. The summed E-state index contributed by atoms with van der Waals surface area (Å²) in [7, 11) is 0. The summed E-state index contributed by atoms with van der Waals surface area (Å²) in [5.74, 6) is 0.197. The second-order valence-corrected chi connectivity index (χ2v) is 4.62. The minimum absolute atomic E-state index is 0.126. The van der Waals surface area contributed by atoms with E-state index in [4.69, 9.17) is 0 Å². The van der Waals surface area contributed by atoms with Gasteiger partial charge in [0.05, 0.1) is 11.7 Å². The molecule has 0 aliphatic rings. The van der Waals surface area contributed by atoms with Crippen molar-refractivity contribution in [2.45, 2.75) is 26.4 Å². The molecule has 1 N–H and O–H groups in total. The van der Waals surface area contributed by atoms with E-state index in [1.807, 2.05) is 36.9 Å². The molecule has 0 spiro atoms. The van der Waals surface area contributed by atoms with Crippen LogP contribution in [-0.2, 0) is 11.3 Å². The van der Waals surface area contributed by atoms with E-state index in [0.29, 0.717) is 12.5 Å². The normalized spacial score (nSPS) is 12.1. The van der Waals surface area contributed by atoms with Crippen molar-refractivity contribution in [2.24, 2.45) is 0 Å². The van der Waals surface area contributed by atoms with Gasteiger partial charge in [0.2, 0.25) is 11.9 Å². The maximum atomic E-state index is 12.2. The van der Waals surface area contributed by atoms with E-state index in [9.17, 15) is 4.79 Å². The van der Waals surface area contributed by atoms with E-state index in [-0.39, 0.29) is 11.9 Å². The number of pyridine rings is 1. The molecule has 2 aromatic rings. The number of nitrogens with zero attached hydrogens (tertiary/aromatic N) is 4. The van der Waals surface area contributed by atoms with Crippen LogP contribution in [0.2, 0.25) is 0 Å². The van der Waals surface area contributed by atoms with Crippen molar-refractivity contribution in [3.05, 3.63) is 48.5 Å². The Labute approximate surface area is 124 Å². The fraction of sp³-hybridized carbons (Fsp3) is 0.333. The van der Waals surface area contributed by atoms with Crippen LogP contribution in [0.25, 0.3) is 0 Å². The van der Waals surface area contributed by atoms with Gasteiger partial charge < -0.3 is 0 Å². The average Bonchev–Trinajstić information content (AvgIpc) is 2.54. The monoisotopic (exact) mass is 285 g/mol. The number of rotatable bonds is 6. The van der Waals surface area contributed by atoms with Gasteiger partial charge in [-0.2, -0.15) is 0 Å². The molecule has 1 atom stereocenters. The summed E-state index contributed by atoms with van der Waals surface area (Å²) >= 11 is 0. The first-order valence-electron chi connectivity index (χ1n) is 6.92. The number of hydrogen-bond donors (Lipinski definition) is 1. The Bertz CT molecular complexity index is 561. The van der Waals surface area contributed by atoms with Gasteiger partial charge >= 0.3 is 0 Å². The Morgan fingerprint density at radius 2 is 1.90 bits per heavy atom. The van der Waals surface area contributed by atoms with Gasteiger partial charge in [0, 0.05) is 25.1 Å². The molecule has 0 saturated carbocycles. The molecule has 0 aliphatic carbocycles. The highest BCUT2D eigenvalue weighted by Gasteiger charge is 2.21. The molecule has 110 valence electrons. The summed E-state index contributed by atoms with van der Waals surface area (Å²) in [5, 5.41) is 2.72. The highest BCUT2D eigenvalue weighted by Crippen LogP contribution is 2.07. The fourth-order valence-electron chi connectivity index (χ4n) is 1.97. The molecule has 1 amide bonds. The first kappa shape index (κ1) is 15.1. The smallest absolute Gasteiger partial charge is 0.243 e. The van der Waals surface area contributed by atoms with E-state index in [0.717, 1.165) is 12.2 Å². The van der Waals surface area contributed by atoms with E-state index >= 15 is 0 Å². The van der Waals surface area contributed by atoms with Crippen LogP contribution in [0.3, 0.4) is 0 Å². The van der Waals surface area contributed by atoms with Crippen molar-refractivity contribution in [3.8, 4) is 0 Å². The molecule has 21 heavy (non-hydrogen) atoms. The summed E-state index contributed by atoms with van der Waals surface area (Å²) in [6, 6.07) is 7.19. The molecule has 0 radical (unpaired) electrons. The van der Waals surface area contributed by atoms with E-state index in [1.165, 1.54) is 0 Å². The Morgan fingerprint density at radius 3 is 2.52 bits per heavy atom. The Morgan fingerprint density at radius 1 is 1.19 bits per heavy atom. The fourth-order valence-corrected chi connectivity index (χ4v) is 1.97. The van der Waals surface area contributed by atoms with Crippen molar-refractivity contribution in [3.63, 3.8) is 0 Å². The van der Waals surface area contributed by atoms with Gasteiger partial charge in [0.25, 0.3) is 0 Å². The SMILES string of the molecule is CCN(Cc1ccccn1)[C@H](C)C(=O)Nc1ncccn1.